The first-order valence-corrected chi connectivity index (χ1v) is 12.2. The lowest BCUT2D eigenvalue weighted by Gasteiger charge is -2.36. The number of carbonyl (C=O) groups is 2. The van der Waals surface area contributed by atoms with Crippen LogP contribution in [0.5, 0.6) is 0 Å². The predicted octanol–water partition coefficient (Wildman–Crippen LogP) is 2.70. The summed E-state index contributed by atoms with van der Waals surface area (Å²) in [6.45, 7) is 5.12. The molecule has 2 amide bonds. The number of piperazine rings is 1. The van der Waals surface area contributed by atoms with Gasteiger partial charge in [0.05, 0.1) is 0 Å². The Bertz CT molecular complexity index is 1180. The average molecular weight is 498 g/mol. The fraction of sp³-hybridized carbons (Fsp3) is 0.391. The van der Waals surface area contributed by atoms with Gasteiger partial charge in [-0.1, -0.05) is 31.5 Å². The van der Waals surface area contributed by atoms with Crippen LogP contribution in [0.1, 0.15) is 29.8 Å². The van der Waals surface area contributed by atoms with Gasteiger partial charge >= 0.3 is 0 Å². The van der Waals surface area contributed by atoms with Gasteiger partial charge < -0.3 is 10.2 Å². The number of carbonyl (C=O) groups excluding carboxylic acids is 2. The van der Waals surface area contributed by atoms with Crippen LogP contribution in [0.4, 0.5) is 13.2 Å². The Balaban J connectivity index is 1.69. The van der Waals surface area contributed by atoms with E-state index in [9.17, 15) is 31.2 Å². The summed E-state index contributed by atoms with van der Waals surface area (Å²) < 4.78 is 67.2. The highest BCUT2D eigenvalue weighted by molar-refractivity contribution is 7.89. The van der Waals surface area contributed by atoms with E-state index in [2.05, 4.69) is 5.32 Å². The summed E-state index contributed by atoms with van der Waals surface area (Å²) in [6, 6.07) is 7.29. The molecule has 0 bridgehead atoms. The molecule has 3 rings (SSSR count). The van der Waals surface area contributed by atoms with E-state index in [1.807, 2.05) is 6.92 Å². The zero-order chi connectivity index (χ0) is 25.2. The second-order valence-electron chi connectivity index (χ2n) is 8.46. The normalized spacial score (nSPS) is 15.9. The Morgan fingerprint density at radius 3 is 2.06 bits per heavy atom. The number of nitrogens with one attached hydrogen (secondary N) is 1. The molecule has 0 spiro atoms. The zero-order valence-corrected chi connectivity index (χ0v) is 19.8. The molecule has 2 aromatic carbocycles. The summed E-state index contributed by atoms with van der Waals surface area (Å²) in [5.74, 6) is -6.14. The van der Waals surface area contributed by atoms with Crippen LogP contribution in [0.2, 0.25) is 0 Å². The van der Waals surface area contributed by atoms with Crippen molar-refractivity contribution in [3.8, 4) is 0 Å². The summed E-state index contributed by atoms with van der Waals surface area (Å²) in [4.78, 5) is 26.2. The first-order chi connectivity index (χ1) is 15.9. The van der Waals surface area contributed by atoms with Crippen LogP contribution >= 0.6 is 0 Å². The Labute approximate surface area is 196 Å². The maximum absolute atomic E-state index is 14.1. The SMILES string of the molecule is Cc1ccc(C(=O)NC(C(=O)N2CCN(S(=O)(=O)c3ccc(F)c(F)c3F)CC2)C(C)C)cc1. The predicted molar refractivity (Wildman–Crippen MR) is 119 cm³/mol. The van der Waals surface area contributed by atoms with Crippen LogP contribution in [-0.4, -0.2) is 61.7 Å². The van der Waals surface area contributed by atoms with Crippen molar-refractivity contribution in [2.45, 2.75) is 31.7 Å². The monoisotopic (exact) mass is 497 g/mol. The number of rotatable bonds is 6. The quantitative estimate of drug-likeness (QED) is 0.622. The van der Waals surface area contributed by atoms with Crippen molar-refractivity contribution in [1.82, 2.24) is 14.5 Å². The summed E-state index contributed by atoms with van der Waals surface area (Å²) in [6.07, 6.45) is 0. The highest BCUT2D eigenvalue weighted by atomic mass is 32.2. The van der Waals surface area contributed by atoms with Gasteiger partial charge in [-0.15, -0.1) is 0 Å². The number of halogens is 3. The third-order valence-corrected chi connectivity index (χ3v) is 7.62. The van der Waals surface area contributed by atoms with E-state index in [-0.39, 0.29) is 38.0 Å². The lowest BCUT2D eigenvalue weighted by molar-refractivity contribution is -0.135. The van der Waals surface area contributed by atoms with Crippen molar-refractivity contribution in [3.05, 3.63) is 65.0 Å². The molecule has 0 radical (unpaired) electrons. The van der Waals surface area contributed by atoms with Crippen LogP contribution in [0.3, 0.4) is 0 Å². The van der Waals surface area contributed by atoms with E-state index < -0.39 is 44.3 Å². The summed E-state index contributed by atoms with van der Waals surface area (Å²) in [5, 5.41) is 2.75. The molecule has 0 aliphatic carbocycles. The van der Waals surface area contributed by atoms with Gasteiger partial charge in [-0.2, -0.15) is 4.31 Å². The van der Waals surface area contributed by atoms with Crippen molar-refractivity contribution >= 4 is 21.8 Å². The summed E-state index contributed by atoms with van der Waals surface area (Å²) in [7, 11) is -4.43. The molecule has 1 unspecified atom stereocenters. The van der Waals surface area contributed by atoms with Crippen molar-refractivity contribution in [2.24, 2.45) is 5.92 Å². The largest absolute Gasteiger partial charge is 0.340 e. The third kappa shape index (κ3) is 5.25. The maximum Gasteiger partial charge on any atom is 0.251 e. The molecule has 1 aliphatic rings. The molecular weight excluding hydrogens is 471 g/mol. The summed E-state index contributed by atoms with van der Waals surface area (Å²) >= 11 is 0. The van der Waals surface area contributed by atoms with Crippen LogP contribution in [0.25, 0.3) is 0 Å². The van der Waals surface area contributed by atoms with E-state index in [0.717, 1.165) is 9.87 Å². The molecule has 1 N–H and O–H groups in total. The fourth-order valence-corrected chi connectivity index (χ4v) is 5.11. The van der Waals surface area contributed by atoms with Crippen molar-refractivity contribution < 1.29 is 31.2 Å². The lowest BCUT2D eigenvalue weighted by Crippen LogP contribution is -2.57. The fourth-order valence-electron chi connectivity index (χ4n) is 3.64. The molecule has 1 fully saturated rings. The van der Waals surface area contributed by atoms with Crippen molar-refractivity contribution in [2.75, 3.05) is 26.2 Å². The maximum atomic E-state index is 14.1. The molecule has 7 nitrogen and oxygen atoms in total. The van der Waals surface area contributed by atoms with E-state index in [4.69, 9.17) is 0 Å². The number of amides is 2. The van der Waals surface area contributed by atoms with Gasteiger partial charge in [0, 0.05) is 31.7 Å². The number of aryl methyl sites for hydroxylation is 1. The summed E-state index contributed by atoms with van der Waals surface area (Å²) in [5.41, 5.74) is 1.40. The Morgan fingerprint density at radius 1 is 0.912 bits per heavy atom. The third-order valence-electron chi connectivity index (χ3n) is 5.70. The van der Waals surface area contributed by atoms with E-state index >= 15 is 0 Å². The lowest BCUT2D eigenvalue weighted by atomic mass is 10.0. The first-order valence-electron chi connectivity index (χ1n) is 10.7. The molecule has 2 aromatic rings. The standard InChI is InChI=1S/C23H26F3N3O4S/c1-14(2)21(27-22(30)16-6-4-15(3)5-7-16)23(31)28-10-12-29(13-11-28)34(32,33)18-9-8-17(24)19(25)20(18)26/h4-9,14,21H,10-13H2,1-3H3,(H,27,30). The number of hydrogen-bond acceptors (Lipinski definition) is 4. The molecule has 1 saturated heterocycles. The highest BCUT2D eigenvalue weighted by Crippen LogP contribution is 2.24. The Kier molecular flexibility index (Phi) is 7.67. The van der Waals surface area contributed by atoms with Crippen LogP contribution in [0.15, 0.2) is 41.3 Å². The molecule has 184 valence electrons. The van der Waals surface area contributed by atoms with Gasteiger partial charge in [0.15, 0.2) is 17.5 Å². The van der Waals surface area contributed by atoms with Gasteiger partial charge in [-0.05, 0) is 37.1 Å². The molecule has 11 heteroatoms. The number of hydrogen-bond donors (Lipinski definition) is 1. The molecule has 1 aliphatic heterocycles. The van der Waals surface area contributed by atoms with E-state index in [1.165, 1.54) is 4.90 Å². The van der Waals surface area contributed by atoms with Crippen LogP contribution < -0.4 is 5.32 Å². The molecular formula is C23H26F3N3O4S. The molecule has 0 saturated carbocycles. The zero-order valence-electron chi connectivity index (χ0n) is 19.0. The van der Waals surface area contributed by atoms with Gasteiger partial charge in [0.2, 0.25) is 15.9 Å². The van der Waals surface area contributed by atoms with Crippen LogP contribution in [0, 0.1) is 30.3 Å². The first kappa shape index (κ1) is 25.7. The number of benzene rings is 2. The minimum atomic E-state index is -4.43. The molecule has 1 heterocycles. The molecule has 34 heavy (non-hydrogen) atoms. The van der Waals surface area contributed by atoms with Gasteiger partial charge in [0.1, 0.15) is 10.9 Å². The Hall–Kier alpha value is -2.92. The van der Waals surface area contributed by atoms with Crippen molar-refractivity contribution in [1.29, 1.82) is 0 Å². The van der Waals surface area contributed by atoms with E-state index in [1.54, 1.807) is 38.1 Å². The molecule has 0 aromatic heterocycles. The molecule has 1 atom stereocenters. The van der Waals surface area contributed by atoms with Gasteiger partial charge in [-0.25, -0.2) is 21.6 Å². The average Bonchev–Trinajstić information content (AvgIpc) is 2.80. The highest BCUT2D eigenvalue weighted by Gasteiger charge is 2.36. The topological polar surface area (TPSA) is 86.8 Å². The van der Waals surface area contributed by atoms with Crippen molar-refractivity contribution in [3.63, 3.8) is 0 Å². The Morgan fingerprint density at radius 2 is 1.50 bits per heavy atom. The second kappa shape index (κ2) is 10.1. The van der Waals surface area contributed by atoms with Gasteiger partial charge in [-0.3, -0.25) is 9.59 Å². The smallest absolute Gasteiger partial charge is 0.251 e. The minimum absolute atomic E-state index is 0.00696. The van der Waals surface area contributed by atoms with Crippen LogP contribution in [-0.2, 0) is 14.8 Å². The minimum Gasteiger partial charge on any atom is -0.340 e. The number of sulfonamides is 1. The number of nitrogens with zero attached hydrogens (tertiary/aromatic N) is 2. The van der Waals surface area contributed by atoms with Gasteiger partial charge in [0.25, 0.3) is 5.91 Å². The second-order valence-corrected chi connectivity index (χ2v) is 10.4. The van der Waals surface area contributed by atoms with E-state index in [0.29, 0.717) is 17.7 Å².